The molecule has 0 bridgehead atoms. The van der Waals surface area contributed by atoms with Crippen molar-refractivity contribution in [2.45, 2.75) is 12.6 Å². The van der Waals surface area contributed by atoms with E-state index in [2.05, 4.69) is 25.6 Å². The van der Waals surface area contributed by atoms with Gasteiger partial charge >= 0.3 is 12.1 Å². The fraction of sp³-hybridized carbons (Fsp3) is 0.0714. The number of carboxylic acids is 1. The average molecular weight is 584 g/mol. The Labute approximate surface area is 235 Å². The summed E-state index contributed by atoms with van der Waals surface area (Å²) in [7, 11) is 0. The number of aliphatic carboxylic acids is 1. The molecule has 0 spiro atoms. The lowest BCUT2D eigenvalue weighted by Crippen LogP contribution is -2.21. The number of amides is 1. The number of carbonyl (C=O) groups excluding carboxylic acids is 1. The number of phenols is 1. The number of fused-ring (bicyclic) bond motifs is 1. The monoisotopic (exact) mass is 583 g/mol. The standard InChI is InChI=1S/C26H20ClN5O2.C2HF3O2/c27-18-6-1-4-16(10-18)11-24(34)30-19-7-2-5-17(12-19)22-14-28-25-23(22)15-29-26(32-25)31-20-8-3-9-21(33)13-20;3-2(4,5)1(6)7/h1-10,12-15,33H,11H2,(H,30,34)(H2,28,29,31,32);(H,6,7). The molecule has 0 unspecified atom stereocenters. The molecule has 0 radical (unpaired) electrons. The van der Waals surface area contributed by atoms with Gasteiger partial charge in [-0.25, -0.2) is 9.78 Å². The minimum Gasteiger partial charge on any atom is -0.508 e. The van der Waals surface area contributed by atoms with Gasteiger partial charge in [0.2, 0.25) is 11.9 Å². The van der Waals surface area contributed by atoms with E-state index >= 15 is 0 Å². The second-order valence-electron chi connectivity index (χ2n) is 8.57. The van der Waals surface area contributed by atoms with Crippen LogP contribution in [0.15, 0.2) is 85.2 Å². The molecular weight excluding hydrogens is 563 g/mol. The van der Waals surface area contributed by atoms with Crippen LogP contribution in [0.3, 0.4) is 0 Å². The lowest BCUT2D eigenvalue weighted by atomic mass is 10.1. The third-order valence-electron chi connectivity index (χ3n) is 5.49. The number of hydrogen-bond acceptors (Lipinski definition) is 6. The highest BCUT2D eigenvalue weighted by Gasteiger charge is 2.38. The Morgan fingerprint density at radius 3 is 2.39 bits per heavy atom. The third-order valence-corrected chi connectivity index (χ3v) is 5.72. The van der Waals surface area contributed by atoms with Crippen molar-refractivity contribution < 1.29 is 33.0 Å². The van der Waals surface area contributed by atoms with Crippen molar-refractivity contribution in [1.29, 1.82) is 0 Å². The fourth-order valence-electron chi connectivity index (χ4n) is 3.72. The van der Waals surface area contributed by atoms with Gasteiger partial charge in [-0.1, -0.05) is 41.9 Å². The van der Waals surface area contributed by atoms with Crippen LogP contribution in [-0.2, 0) is 16.0 Å². The van der Waals surface area contributed by atoms with Crippen LogP contribution < -0.4 is 10.6 Å². The van der Waals surface area contributed by atoms with E-state index in [1.54, 1.807) is 36.5 Å². The topological polar surface area (TPSA) is 140 Å². The lowest BCUT2D eigenvalue weighted by molar-refractivity contribution is -0.192. The van der Waals surface area contributed by atoms with Gasteiger partial charge in [-0.05, 0) is 47.5 Å². The van der Waals surface area contributed by atoms with Gasteiger partial charge in [-0.2, -0.15) is 18.2 Å². The van der Waals surface area contributed by atoms with E-state index in [9.17, 15) is 23.1 Å². The van der Waals surface area contributed by atoms with E-state index in [1.165, 1.54) is 0 Å². The Bertz CT molecular complexity index is 1710. The number of H-pyrrole nitrogens is 1. The van der Waals surface area contributed by atoms with Crippen LogP contribution in [0.4, 0.5) is 30.5 Å². The molecule has 1 amide bonds. The molecule has 41 heavy (non-hydrogen) atoms. The normalized spacial score (nSPS) is 10.9. The molecule has 3 aromatic carbocycles. The molecule has 0 aliphatic carbocycles. The van der Waals surface area contributed by atoms with E-state index in [0.29, 0.717) is 28.0 Å². The minimum atomic E-state index is -5.08. The number of benzene rings is 3. The Morgan fingerprint density at radius 2 is 1.68 bits per heavy atom. The lowest BCUT2D eigenvalue weighted by Gasteiger charge is -2.08. The fourth-order valence-corrected chi connectivity index (χ4v) is 3.93. The van der Waals surface area contributed by atoms with Crippen LogP contribution in [-0.4, -0.2) is 43.2 Å². The zero-order chi connectivity index (χ0) is 29.6. The predicted molar refractivity (Wildman–Crippen MR) is 148 cm³/mol. The first-order valence-corrected chi connectivity index (χ1v) is 12.2. The maximum Gasteiger partial charge on any atom is 0.490 e. The number of carbonyl (C=O) groups is 2. The van der Waals surface area contributed by atoms with Gasteiger partial charge in [0.05, 0.1) is 6.42 Å². The van der Waals surface area contributed by atoms with E-state index in [4.69, 9.17) is 21.5 Å². The molecule has 13 heteroatoms. The molecule has 0 aliphatic rings. The number of aromatic hydroxyl groups is 1. The summed E-state index contributed by atoms with van der Waals surface area (Å²) in [5.41, 5.74) is 4.75. The summed E-state index contributed by atoms with van der Waals surface area (Å²) in [4.78, 5) is 33.5. The molecule has 0 saturated carbocycles. The van der Waals surface area contributed by atoms with E-state index in [-0.39, 0.29) is 18.1 Å². The molecule has 0 aliphatic heterocycles. The van der Waals surface area contributed by atoms with E-state index in [0.717, 1.165) is 22.1 Å². The van der Waals surface area contributed by atoms with Crippen LogP contribution in [0, 0.1) is 0 Å². The summed E-state index contributed by atoms with van der Waals surface area (Å²) in [6.45, 7) is 0. The van der Waals surface area contributed by atoms with E-state index in [1.807, 2.05) is 48.7 Å². The summed E-state index contributed by atoms with van der Waals surface area (Å²) in [6.07, 6.45) is -1.24. The van der Waals surface area contributed by atoms with Gasteiger partial charge in [0.1, 0.15) is 11.4 Å². The molecule has 5 aromatic rings. The molecule has 2 aromatic heterocycles. The quantitative estimate of drug-likeness (QED) is 0.153. The summed E-state index contributed by atoms with van der Waals surface area (Å²) >= 11 is 6.01. The molecule has 210 valence electrons. The van der Waals surface area contributed by atoms with Crippen molar-refractivity contribution in [2.75, 3.05) is 10.6 Å². The Balaban J connectivity index is 0.000000493. The summed E-state index contributed by atoms with van der Waals surface area (Å²) in [5.74, 6) is -2.31. The molecule has 2 heterocycles. The van der Waals surface area contributed by atoms with E-state index < -0.39 is 12.1 Å². The first-order valence-electron chi connectivity index (χ1n) is 11.8. The largest absolute Gasteiger partial charge is 0.508 e. The zero-order valence-corrected chi connectivity index (χ0v) is 21.7. The second kappa shape index (κ2) is 12.4. The predicted octanol–water partition coefficient (Wildman–Crippen LogP) is 6.54. The molecular formula is C28H21ClF3N5O4. The first kappa shape index (κ1) is 28.9. The average Bonchev–Trinajstić information content (AvgIpc) is 3.32. The van der Waals surface area contributed by atoms with Crippen LogP contribution in [0.5, 0.6) is 5.75 Å². The maximum absolute atomic E-state index is 12.5. The third kappa shape index (κ3) is 7.96. The number of phenolic OH excluding ortho intramolecular Hbond substituents is 1. The highest BCUT2D eigenvalue weighted by molar-refractivity contribution is 6.30. The number of hydrogen-bond donors (Lipinski definition) is 5. The molecule has 0 fully saturated rings. The number of nitrogens with one attached hydrogen (secondary N) is 3. The molecule has 9 nitrogen and oxygen atoms in total. The van der Waals surface area contributed by atoms with Crippen molar-refractivity contribution in [1.82, 2.24) is 15.0 Å². The van der Waals surface area contributed by atoms with Crippen molar-refractivity contribution in [3.63, 3.8) is 0 Å². The highest BCUT2D eigenvalue weighted by atomic mass is 35.5. The van der Waals surface area contributed by atoms with Crippen molar-refractivity contribution in [3.8, 4) is 16.9 Å². The Hall–Kier alpha value is -5.10. The Morgan fingerprint density at radius 1 is 0.976 bits per heavy atom. The number of rotatable bonds is 6. The van der Waals surface area contributed by atoms with Crippen LogP contribution >= 0.6 is 11.6 Å². The Kier molecular flexibility index (Phi) is 8.73. The number of anilines is 3. The van der Waals surface area contributed by atoms with Gasteiger partial charge in [-0.3, -0.25) is 4.79 Å². The molecule has 5 rings (SSSR count). The number of carboxylic acid groups (broad SMARTS) is 1. The van der Waals surface area contributed by atoms with Crippen LogP contribution in [0.2, 0.25) is 5.02 Å². The number of nitrogens with zero attached hydrogens (tertiary/aromatic N) is 2. The summed E-state index contributed by atoms with van der Waals surface area (Å²) < 4.78 is 31.7. The number of alkyl halides is 3. The number of aromatic amines is 1. The minimum absolute atomic E-state index is 0.121. The van der Waals surface area contributed by atoms with Gasteiger partial charge in [0.25, 0.3) is 0 Å². The second-order valence-corrected chi connectivity index (χ2v) is 9.01. The number of halogens is 4. The molecule has 0 saturated heterocycles. The van der Waals surface area contributed by atoms with Crippen LogP contribution in [0.25, 0.3) is 22.2 Å². The van der Waals surface area contributed by atoms with Crippen molar-refractivity contribution >= 4 is 51.8 Å². The maximum atomic E-state index is 12.5. The SMILES string of the molecule is O=C(Cc1cccc(Cl)c1)Nc1cccc(-c2c[nH]c3nc(Nc4cccc(O)c4)ncc23)c1.O=C(O)C(F)(F)F. The van der Waals surface area contributed by atoms with Crippen molar-refractivity contribution in [2.24, 2.45) is 0 Å². The number of aromatic nitrogens is 3. The smallest absolute Gasteiger partial charge is 0.490 e. The van der Waals surface area contributed by atoms with Gasteiger partial charge in [-0.15, -0.1) is 0 Å². The zero-order valence-electron chi connectivity index (χ0n) is 20.9. The highest BCUT2D eigenvalue weighted by Crippen LogP contribution is 2.30. The first-order chi connectivity index (χ1) is 19.5. The summed E-state index contributed by atoms with van der Waals surface area (Å²) in [6, 6.07) is 21.6. The summed E-state index contributed by atoms with van der Waals surface area (Å²) in [5, 5.41) is 24.2. The molecule has 0 atom stereocenters. The van der Waals surface area contributed by atoms with Crippen molar-refractivity contribution in [3.05, 3.63) is 95.8 Å². The van der Waals surface area contributed by atoms with Crippen LogP contribution in [0.1, 0.15) is 5.56 Å². The van der Waals surface area contributed by atoms with Gasteiger partial charge in [0, 0.05) is 45.8 Å². The van der Waals surface area contributed by atoms with Gasteiger partial charge < -0.3 is 25.8 Å². The van der Waals surface area contributed by atoms with Gasteiger partial charge in [0.15, 0.2) is 0 Å². The molecule has 5 N–H and O–H groups in total.